The lowest BCUT2D eigenvalue weighted by molar-refractivity contribution is 0.0688. The van der Waals surface area contributed by atoms with Crippen LogP contribution < -0.4 is 9.47 Å². The predicted molar refractivity (Wildman–Crippen MR) is 91.3 cm³/mol. The molecule has 0 aliphatic carbocycles. The predicted octanol–water partition coefficient (Wildman–Crippen LogP) is 2.38. The molecule has 1 amide bonds. The van der Waals surface area contributed by atoms with Crippen LogP contribution in [0.1, 0.15) is 32.0 Å². The number of amides is 1. The minimum atomic E-state index is -1.13. The Bertz CT molecular complexity index is 787. The first-order valence-electron chi connectivity index (χ1n) is 7.53. The topological polar surface area (TPSA) is 89.0 Å². The molecule has 0 fully saturated rings. The van der Waals surface area contributed by atoms with Crippen molar-refractivity contribution in [3.63, 3.8) is 0 Å². The van der Waals surface area contributed by atoms with Gasteiger partial charge in [0.1, 0.15) is 5.69 Å². The van der Waals surface area contributed by atoms with Gasteiger partial charge < -0.3 is 19.5 Å². The first-order valence-corrected chi connectivity index (χ1v) is 7.53. The van der Waals surface area contributed by atoms with Gasteiger partial charge in [-0.2, -0.15) is 0 Å². The molecule has 0 unspecified atom stereocenters. The Balaban J connectivity index is 2.19. The highest BCUT2D eigenvalue weighted by molar-refractivity contribution is 5.94. The van der Waals surface area contributed by atoms with Crippen LogP contribution in [-0.2, 0) is 6.54 Å². The lowest BCUT2D eigenvalue weighted by Crippen LogP contribution is -2.26. The lowest BCUT2D eigenvalue weighted by atomic mass is 10.1. The molecule has 2 rings (SSSR count). The number of carboxylic acids is 1. The van der Waals surface area contributed by atoms with E-state index in [0.29, 0.717) is 23.6 Å². The summed E-state index contributed by atoms with van der Waals surface area (Å²) in [5, 5.41) is 8.86. The molecule has 1 N–H and O–H groups in total. The van der Waals surface area contributed by atoms with Crippen molar-refractivity contribution in [2.75, 3.05) is 21.3 Å². The van der Waals surface area contributed by atoms with Crippen molar-refractivity contribution in [3.05, 3.63) is 52.8 Å². The third kappa shape index (κ3) is 4.06. The average Bonchev–Trinajstić information content (AvgIpc) is 2.62. The fourth-order valence-electron chi connectivity index (χ4n) is 2.39. The number of nitrogens with zero attached hydrogens (tertiary/aromatic N) is 2. The van der Waals surface area contributed by atoms with Gasteiger partial charge in [0.2, 0.25) is 0 Å². The van der Waals surface area contributed by atoms with Crippen molar-refractivity contribution in [2.45, 2.75) is 13.5 Å². The third-order valence-corrected chi connectivity index (χ3v) is 3.83. The fourth-order valence-corrected chi connectivity index (χ4v) is 2.39. The van der Waals surface area contributed by atoms with Gasteiger partial charge in [-0.25, -0.2) is 9.78 Å². The Kier molecular flexibility index (Phi) is 5.59. The number of aryl methyl sites for hydroxylation is 1. The van der Waals surface area contributed by atoms with Crippen LogP contribution in [0, 0.1) is 6.92 Å². The summed E-state index contributed by atoms with van der Waals surface area (Å²) in [7, 11) is 4.80. The second kappa shape index (κ2) is 7.65. The maximum atomic E-state index is 12.5. The largest absolute Gasteiger partial charge is 0.493 e. The van der Waals surface area contributed by atoms with Crippen LogP contribution in [0.3, 0.4) is 0 Å². The highest BCUT2D eigenvalue weighted by Crippen LogP contribution is 2.30. The number of aromatic nitrogens is 1. The molecule has 132 valence electrons. The van der Waals surface area contributed by atoms with Gasteiger partial charge in [0, 0.05) is 19.8 Å². The smallest absolute Gasteiger partial charge is 0.354 e. The maximum absolute atomic E-state index is 12.5. The third-order valence-electron chi connectivity index (χ3n) is 3.83. The molecule has 0 atom stereocenters. The van der Waals surface area contributed by atoms with Gasteiger partial charge >= 0.3 is 5.97 Å². The Morgan fingerprint density at radius 2 is 1.80 bits per heavy atom. The summed E-state index contributed by atoms with van der Waals surface area (Å²) in [5.41, 5.74) is 2.11. The molecule has 0 spiro atoms. The molecule has 0 saturated carbocycles. The zero-order chi connectivity index (χ0) is 18.6. The van der Waals surface area contributed by atoms with Crippen LogP contribution in [-0.4, -0.2) is 48.1 Å². The SMILES string of the molecule is COc1cc(C)c(CN(C)C(=O)c2ccc(C(=O)O)nc2)cc1OC. The summed E-state index contributed by atoms with van der Waals surface area (Å²) >= 11 is 0. The molecule has 25 heavy (non-hydrogen) atoms. The average molecular weight is 344 g/mol. The van der Waals surface area contributed by atoms with Crippen molar-refractivity contribution in [1.29, 1.82) is 0 Å². The molecule has 7 heteroatoms. The van der Waals surface area contributed by atoms with Gasteiger partial charge in [-0.1, -0.05) is 0 Å². The van der Waals surface area contributed by atoms with Gasteiger partial charge in [-0.15, -0.1) is 0 Å². The molecule has 0 radical (unpaired) electrons. The summed E-state index contributed by atoms with van der Waals surface area (Å²) < 4.78 is 10.6. The lowest BCUT2D eigenvalue weighted by Gasteiger charge is -2.20. The van der Waals surface area contributed by atoms with Crippen molar-refractivity contribution in [3.8, 4) is 11.5 Å². The van der Waals surface area contributed by atoms with Crippen molar-refractivity contribution in [2.24, 2.45) is 0 Å². The molecule has 0 aliphatic rings. The molecule has 1 aromatic carbocycles. The molecule has 1 heterocycles. The molecular weight excluding hydrogens is 324 g/mol. The van der Waals surface area contributed by atoms with Gasteiger partial charge in [0.05, 0.1) is 19.8 Å². The van der Waals surface area contributed by atoms with Crippen LogP contribution in [0.4, 0.5) is 0 Å². The first kappa shape index (κ1) is 18.3. The number of carboxylic acid groups (broad SMARTS) is 1. The normalized spacial score (nSPS) is 10.2. The molecule has 0 saturated heterocycles. The summed E-state index contributed by atoms with van der Waals surface area (Å²) in [6, 6.07) is 6.46. The van der Waals surface area contributed by atoms with Gasteiger partial charge in [-0.05, 0) is 42.3 Å². The molecule has 0 bridgehead atoms. The number of ether oxygens (including phenoxy) is 2. The van der Waals surface area contributed by atoms with E-state index >= 15 is 0 Å². The van der Waals surface area contributed by atoms with Crippen LogP contribution in [0.5, 0.6) is 11.5 Å². The number of carbonyl (C=O) groups excluding carboxylic acids is 1. The second-order valence-corrected chi connectivity index (χ2v) is 5.53. The van der Waals surface area contributed by atoms with Gasteiger partial charge in [0.15, 0.2) is 11.5 Å². The zero-order valence-corrected chi connectivity index (χ0v) is 14.6. The molecule has 2 aromatic rings. The second-order valence-electron chi connectivity index (χ2n) is 5.53. The van der Waals surface area contributed by atoms with E-state index in [1.54, 1.807) is 21.3 Å². The van der Waals surface area contributed by atoms with E-state index in [1.165, 1.54) is 23.2 Å². The van der Waals surface area contributed by atoms with Crippen LogP contribution >= 0.6 is 0 Å². The highest BCUT2D eigenvalue weighted by atomic mass is 16.5. The van der Waals surface area contributed by atoms with Crippen LogP contribution in [0.25, 0.3) is 0 Å². The van der Waals surface area contributed by atoms with Crippen molar-refractivity contribution < 1.29 is 24.2 Å². The summed E-state index contributed by atoms with van der Waals surface area (Å²) in [4.78, 5) is 28.6. The van der Waals surface area contributed by atoms with E-state index < -0.39 is 5.97 Å². The van der Waals surface area contributed by atoms with E-state index in [0.717, 1.165) is 11.1 Å². The molecular formula is C18H20N2O5. The number of hydrogen-bond acceptors (Lipinski definition) is 5. The number of hydrogen-bond donors (Lipinski definition) is 1. The maximum Gasteiger partial charge on any atom is 0.354 e. The number of aromatic carboxylic acids is 1. The standard InChI is InChI=1S/C18H20N2O5/c1-11-7-15(24-3)16(25-4)8-13(11)10-20(2)17(21)12-5-6-14(18(22)23)19-9-12/h5-9H,10H2,1-4H3,(H,22,23). The number of rotatable bonds is 6. The number of methoxy groups -OCH3 is 2. The summed E-state index contributed by atoms with van der Waals surface area (Å²) in [6.45, 7) is 2.30. The number of pyridine rings is 1. The summed E-state index contributed by atoms with van der Waals surface area (Å²) in [5.74, 6) is -0.158. The quantitative estimate of drug-likeness (QED) is 0.865. The Morgan fingerprint density at radius 1 is 1.16 bits per heavy atom. The van der Waals surface area contributed by atoms with E-state index in [4.69, 9.17) is 14.6 Å². The number of benzene rings is 1. The van der Waals surface area contributed by atoms with E-state index in [-0.39, 0.29) is 11.6 Å². The van der Waals surface area contributed by atoms with Crippen LogP contribution in [0.2, 0.25) is 0 Å². The van der Waals surface area contributed by atoms with E-state index in [2.05, 4.69) is 4.98 Å². The Hall–Kier alpha value is -3.09. The Morgan fingerprint density at radius 3 is 2.32 bits per heavy atom. The highest BCUT2D eigenvalue weighted by Gasteiger charge is 2.16. The van der Waals surface area contributed by atoms with Crippen LogP contribution in [0.15, 0.2) is 30.5 Å². The molecule has 7 nitrogen and oxygen atoms in total. The fraction of sp³-hybridized carbons (Fsp3) is 0.278. The van der Waals surface area contributed by atoms with Gasteiger partial charge in [-0.3, -0.25) is 4.79 Å². The molecule has 1 aromatic heterocycles. The van der Waals surface area contributed by atoms with E-state index in [9.17, 15) is 9.59 Å². The molecule has 0 aliphatic heterocycles. The number of carbonyl (C=O) groups is 2. The van der Waals surface area contributed by atoms with Crippen molar-refractivity contribution >= 4 is 11.9 Å². The minimum Gasteiger partial charge on any atom is -0.493 e. The van der Waals surface area contributed by atoms with E-state index in [1.807, 2.05) is 19.1 Å². The van der Waals surface area contributed by atoms with Gasteiger partial charge in [0.25, 0.3) is 5.91 Å². The monoisotopic (exact) mass is 344 g/mol. The van der Waals surface area contributed by atoms with Crippen molar-refractivity contribution in [1.82, 2.24) is 9.88 Å². The zero-order valence-electron chi connectivity index (χ0n) is 14.6. The minimum absolute atomic E-state index is 0.102. The summed E-state index contributed by atoms with van der Waals surface area (Å²) in [6.07, 6.45) is 1.27. The Labute approximate surface area is 145 Å². The first-order chi connectivity index (χ1) is 11.9.